The van der Waals surface area contributed by atoms with E-state index < -0.39 is 5.78 Å². The summed E-state index contributed by atoms with van der Waals surface area (Å²) in [6.07, 6.45) is 2.61. The molecule has 5 heteroatoms. The molecule has 68 valence electrons. The Bertz CT molecular complexity index is 342. The summed E-state index contributed by atoms with van der Waals surface area (Å²) in [5.41, 5.74) is 0.294. The highest BCUT2D eigenvalue weighted by Gasteiger charge is 2.17. The van der Waals surface area contributed by atoms with Gasteiger partial charge < -0.3 is 0 Å². The Balaban J connectivity index is 3.07. The van der Waals surface area contributed by atoms with Gasteiger partial charge in [-0.15, -0.1) is 0 Å². The van der Waals surface area contributed by atoms with E-state index in [0.717, 1.165) is 0 Å². The molecule has 0 heterocycles. The van der Waals surface area contributed by atoms with Crippen LogP contribution in [0.1, 0.15) is 6.92 Å². The SMILES string of the molecule is CC(=O)N=C1C=C(Cl)C(=O)C(Cl)=C1. The predicted molar refractivity (Wildman–Crippen MR) is 51.0 cm³/mol. The number of ketones is 1. The molecule has 0 N–H and O–H groups in total. The highest BCUT2D eigenvalue weighted by molar-refractivity contribution is 6.57. The van der Waals surface area contributed by atoms with Gasteiger partial charge in [-0.25, -0.2) is 4.99 Å². The molecule has 0 radical (unpaired) electrons. The Kier molecular flexibility index (Phi) is 3.01. The third kappa shape index (κ3) is 2.50. The predicted octanol–water partition coefficient (Wildman–Crippen LogP) is 1.80. The molecule has 0 unspecified atom stereocenters. The summed E-state index contributed by atoms with van der Waals surface area (Å²) in [4.78, 5) is 25.2. The van der Waals surface area contributed by atoms with Crippen molar-refractivity contribution in [3.8, 4) is 0 Å². The Morgan fingerprint density at radius 3 is 2.15 bits per heavy atom. The van der Waals surface area contributed by atoms with Crippen LogP contribution < -0.4 is 0 Å². The molecule has 0 saturated carbocycles. The third-order valence-corrected chi connectivity index (χ3v) is 1.83. The summed E-state index contributed by atoms with van der Waals surface area (Å²) in [7, 11) is 0. The molecule has 0 bridgehead atoms. The maximum atomic E-state index is 11.0. The number of carbonyl (C=O) groups excluding carboxylic acids is 2. The van der Waals surface area contributed by atoms with Gasteiger partial charge in [-0.05, 0) is 12.2 Å². The van der Waals surface area contributed by atoms with Crippen molar-refractivity contribution < 1.29 is 9.59 Å². The summed E-state index contributed by atoms with van der Waals surface area (Å²) in [6.45, 7) is 1.30. The van der Waals surface area contributed by atoms with Gasteiger partial charge in [0.25, 0.3) is 0 Å². The van der Waals surface area contributed by atoms with Gasteiger partial charge in [0, 0.05) is 6.92 Å². The minimum Gasteiger partial charge on any atom is -0.287 e. The fourth-order valence-electron chi connectivity index (χ4n) is 0.793. The fraction of sp³-hybridized carbons (Fsp3) is 0.125. The standard InChI is InChI=1S/C8H5Cl2NO2/c1-4(12)11-5-2-6(9)8(13)7(10)3-5/h2-3H,1H3. The van der Waals surface area contributed by atoms with Crippen molar-refractivity contribution in [1.29, 1.82) is 0 Å². The van der Waals surface area contributed by atoms with E-state index in [1.807, 2.05) is 0 Å². The highest BCUT2D eigenvalue weighted by atomic mass is 35.5. The van der Waals surface area contributed by atoms with Crippen molar-refractivity contribution in [2.24, 2.45) is 4.99 Å². The molecule has 1 amide bonds. The van der Waals surface area contributed by atoms with E-state index in [0.29, 0.717) is 5.71 Å². The molecular weight excluding hydrogens is 213 g/mol. The second kappa shape index (κ2) is 3.85. The summed E-state index contributed by atoms with van der Waals surface area (Å²) >= 11 is 11.1. The second-order valence-electron chi connectivity index (χ2n) is 2.37. The molecule has 13 heavy (non-hydrogen) atoms. The lowest BCUT2D eigenvalue weighted by Gasteiger charge is -2.04. The quantitative estimate of drug-likeness (QED) is 0.582. The normalized spacial score (nSPS) is 16.5. The molecule has 0 aromatic heterocycles. The zero-order valence-corrected chi connectivity index (χ0v) is 8.19. The molecule has 0 aliphatic heterocycles. The van der Waals surface area contributed by atoms with Gasteiger partial charge >= 0.3 is 0 Å². The van der Waals surface area contributed by atoms with Crippen LogP contribution in [-0.4, -0.2) is 17.4 Å². The average Bonchev–Trinajstić information content (AvgIpc) is 1.98. The van der Waals surface area contributed by atoms with Crippen molar-refractivity contribution in [3.05, 3.63) is 22.2 Å². The average molecular weight is 218 g/mol. The molecule has 1 rings (SSSR count). The smallest absolute Gasteiger partial charge is 0.243 e. The van der Waals surface area contributed by atoms with Crippen molar-refractivity contribution in [3.63, 3.8) is 0 Å². The molecule has 1 aliphatic carbocycles. The number of hydrogen-bond donors (Lipinski definition) is 0. The number of amides is 1. The molecule has 0 atom stereocenters. The first kappa shape index (κ1) is 10.2. The zero-order valence-electron chi connectivity index (χ0n) is 6.67. The number of halogens is 2. The first-order chi connectivity index (χ1) is 6.00. The van der Waals surface area contributed by atoms with Gasteiger partial charge in [-0.3, -0.25) is 9.59 Å². The van der Waals surface area contributed by atoms with Crippen LogP contribution in [0.25, 0.3) is 0 Å². The lowest BCUT2D eigenvalue weighted by atomic mass is 10.1. The monoisotopic (exact) mass is 217 g/mol. The Hall–Kier alpha value is -0.930. The van der Waals surface area contributed by atoms with Crippen LogP contribution in [0.3, 0.4) is 0 Å². The number of rotatable bonds is 0. The van der Waals surface area contributed by atoms with Crippen LogP contribution >= 0.6 is 23.2 Å². The molecule has 0 fully saturated rings. The number of Topliss-reactive ketones (excluding diaryl/α,β-unsaturated/α-hetero) is 1. The van der Waals surface area contributed by atoms with E-state index in [1.165, 1.54) is 19.1 Å². The molecule has 0 aromatic rings. The number of allylic oxidation sites excluding steroid dienone is 4. The molecule has 0 spiro atoms. The third-order valence-electron chi connectivity index (χ3n) is 1.27. The number of nitrogens with zero attached hydrogens (tertiary/aromatic N) is 1. The van der Waals surface area contributed by atoms with E-state index in [2.05, 4.69) is 4.99 Å². The summed E-state index contributed by atoms with van der Waals surface area (Å²) in [5, 5.41) is -0.0694. The van der Waals surface area contributed by atoms with Crippen LogP contribution in [0, 0.1) is 0 Å². The largest absolute Gasteiger partial charge is 0.287 e. The summed E-state index contributed by atoms with van der Waals surface area (Å²) < 4.78 is 0. The molecule has 3 nitrogen and oxygen atoms in total. The highest BCUT2D eigenvalue weighted by Crippen LogP contribution is 2.19. The van der Waals surface area contributed by atoms with Gasteiger partial charge in [0.15, 0.2) is 0 Å². The van der Waals surface area contributed by atoms with E-state index in [-0.39, 0.29) is 16.0 Å². The lowest BCUT2D eigenvalue weighted by Crippen LogP contribution is -2.08. The summed E-state index contributed by atoms with van der Waals surface area (Å²) in [5.74, 6) is -0.823. The zero-order chi connectivity index (χ0) is 10.0. The van der Waals surface area contributed by atoms with Crippen LogP contribution in [0.2, 0.25) is 0 Å². The molecule has 0 aromatic carbocycles. The lowest BCUT2D eigenvalue weighted by molar-refractivity contribution is -0.115. The Morgan fingerprint density at radius 1 is 1.31 bits per heavy atom. The Morgan fingerprint density at radius 2 is 1.77 bits per heavy atom. The van der Waals surface area contributed by atoms with Crippen molar-refractivity contribution in [2.45, 2.75) is 6.92 Å². The van der Waals surface area contributed by atoms with Crippen molar-refractivity contribution in [1.82, 2.24) is 0 Å². The van der Waals surface area contributed by atoms with Crippen molar-refractivity contribution >= 4 is 40.6 Å². The first-order valence-electron chi connectivity index (χ1n) is 3.39. The number of aliphatic imine (C=N–C) groups is 1. The number of carbonyl (C=O) groups is 2. The maximum Gasteiger partial charge on any atom is 0.243 e. The minimum atomic E-state index is -0.453. The van der Waals surface area contributed by atoms with Crippen LogP contribution in [0.15, 0.2) is 27.2 Å². The van der Waals surface area contributed by atoms with Gasteiger partial charge in [0.2, 0.25) is 11.7 Å². The van der Waals surface area contributed by atoms with Gasteiger partial charge in [-0.2, -0.15) is 0 Å². The topological polar surface area (TPSA) is 46.5 Å². The van der Waals surface area contributed by atoms with Crippen LogP contribution in [0.4, 0.5) is 0 Å². The minimum absolute atomic E-state index is 0.0347. The molecular formula is C8H5Cl2NO2. The van der Waals surface area contributed by atoms with E-state index >= 15 is 0 Å². The molecule has 1 aliphatic rings. The van der Waals surface area contributed by atoms with Crippen LogP contribution in [0.5, 0.6) is 0 Å². The fourth-order valence-corrected chi connectivity index (χ4v) is 1.27. The van der Waals surface area contributed by atoms with Gasteiger partial charge in [0.1, 0.15) is 0 Å². The maximum absolute atomic E-state index is 11.0. The van der Waals surface area contributed by atoms with E-state index in [1.54, 1.807) is 0 Å². The van der Waals surface area contributed by atoms with E-state index in [9.17, 15) is 9.59 Å². The Labute approximate surface area is 84.7 Å². The number of hydrogen-bond acceptors (Lipinski definition) is 2. The van der Waals surface area contributed by atoms with E-state index in [4.69, 9.17) is 23.2 Å². The van der Waals surface area contributed by atoms with Gasteiger partial charge in [-0.1, -0.05) is 23.2 Å². The van der Waals surface area contributed by atoms with Crippen LogP contribution in [-0.2, 0) is 9.59 Å². The van der Waals surface area contributed by atoms with Crippen molar-refractivity contribution in [2.75, 3.05) is 0 Å². The summed E-state index contributed by atoms with van der Waals surface area (Å²) in [6, 6.07) is 0. The second-order valence-corrected chi connectivity index (χ2v) is 3.18. The molecule has 0 saturated heterocycles. The van der Waals surface area contributed by atoms with Gasteiger partial charge in [0.05, 0.1) is 15.8 Å². The first-order valence-corrected chi connectivity index (χ1v) is 4.14.